The van der Waals surface area contributed by atoms with Crippen LogP contribution >= 0.6 is 21.6 Å². The third kappa shape index (κ3) is 12.7. The van der Waals surface area contributed by atoms with Crippen molar-refractivity contribution in [2.24, 2.45) is 23.7 Å². The predicted molar refractivity (Wildman–Crippen MR) is 218 cm³/mol. The molecule has 4 aliphatic heterocycles. The molecule has 0 unspecified atom stereocenters. The van der Waals surface area contributed by atoms with Crippen LogP contribution < -0.4 is 0 Å². The summed E-state index contributed by atoms with van der Waals surface area (Å²) in [6, 6.07) is 0. The molecule has 1 N–H and O–H groups in total. The van der Waals surface area contributed by atoms with E-state index in [2.05, 4.69) is 4.98 Å². The van der Waals surface area contributed by atoms with Crippen molar-refractivity contribution in [2.45, 2.75) is 122 Å². The molecule has 0 saturated carbocycles. The van der Waals surface area contributed by atoms with Crippen LogP contribution in [-0.4, -0.2) is 108 Å². The fourth-order valence-electron chi connectivity index (χ4n) is 7.37. The second kappa shape index (κ2) is 20.6. The molecule has 14 nitrogen and oxygen atoms in total. The second-order valence-electron chi connectivity index (χ2n) is 15.9. The number of fused-ring (bicyclic) bond motifs is 4. The molecule has 0 aromatic carbocycles. The Morgan fingerprint density at radius 3 is 2.57 bits per heavy atom. The SMILES string of the molecule is CO[C@@H](C(C)=CC=CC(C)=Cc1coc(C)n1)[C@@H](C)[C@@H]1C[C@H](OC(=O)OCCSSC[C@H](C)C(=O)O)[C@@]2(C)O[C@@H]2C=C[C@@H](C)[C@H]2C[C@H](CC(=O)O2)C[C@@H]2O[C@H]2C(=O)O1. The van der Waals surface area contributed by atoms with Crippen molar-refractivity contribution in [3.63, 3.8) is 0 Å². The number of esters is 2. The molecule has 16 heteroatoms. The Morgan fingerprint density at radius 1 is 1.10 bits per heavy atom. The third-order valence-corrected chi connectivity index (χ3v) is 13.6. The number of hydrogen-bond acceptors (Lipinski definition) is 15. The maximum absolute atomic E-state index is 13.8. The molecule has 1 aromatic heterocycles. The van der Waals surface area contributed by atoms with Gasteiger partial charge in [-0.15, -0.1) is 0 Å². The maximum atomic E-state index is 13.8. The van der Waals surface area contributed by atoms with E-state index in [4.69, 9.17) is 42.7 Å². The second-order valence-corrected chi connectivity index (χ2v) is 18.5. The fraction of sp³-hybridized carbons (Fsp3) is 0.643. The molecule has 5 heterocycles. The quantitative estimate of drug-likeness (QED) is 0.0352. The topological polar surface area (TPSA) is 186 Å². The van der Waals surface area contributed by atoms with Crippen LogP contribution in [0.1, 0.15) is 78.8 Å². The summed E-state index contributed by atoms with van der Waals surface area (Å²) < 4.78 is 46.9. The van der Waals surface area contributed by atoms with Crippen LogP contribution in [0.25, 0.3) is 6.08 Å². The van der Waals surface area contributed by atoms with Gasteiger partial charge in [-0.2, -0.15) is 0 Å². The van der Waals surface area contributed by atoms with Crippen LogP contribution in [0.3, 0.4) is 0 Å². The van der Waals surface area contributed by atoms with Gasteiger partial charge < -0.3 is 42.7 Å². The molecular weight excluding hydrogens is 791 g/mol. The van der Waals surface area contributed by atoms with Crippen LogP contribution in [-0.2, 0) is 47.5 Å². The number of aromatic nitrogens is 1. The molecule has 5 rings (SSSR count). The average Bonchev–Trinajstić information content (AvgIpc) is 4.04. The number of carboxylic acid groups (broad SMARTS) is 1. The van der Waals surface area contributed by atoms with Crippen molar-refractivity contribution < 1.29 is 61.9 Å². The van der Waals surface area contributed by atoms with E-state index in [9.17, 15) is 19.2 Å². The van der Waals surface area contributed by atoms with E-state index in [1.807, 2.05) is 71.1 Å². The van der Waals surface area contributed by atoms with Crippen LogP contribution in [0.2, 0.25) is 0 Å². The normalized spacial score (nSPS) is 31.9. The Hall–Kier alpha value is -3.57. The number of oxazole rings is 1. The zero-order chi connectivity index (χ0) is 42.1. The molecule has 58 heavy (non-hydrogen) atoms. The van der Waals surface area contributed by atoms with E-state index >= 15 is 0 Å². The van der Waals surface area contributed by atoms with Crippen LogP contribution in [0, 0.1) is 30.6 Å². The van der Waals surface area contributed by atoms with Crippen LogP contribution in [0.4, 0.5) is 4.79 Å². The highest BCUT2D eigenvalue weighted by Crippen LogP contribution is 2.46. The van der Waals surface area contributed by atoms with Gasteiger partial charge in [0.1, 0.15) is 48.6 Å². The van der Waals surface area contributed by atoms with Crippen molar-refractivity contribution in [3.8, 4) is 0 Å². The standard InChI is InChI=1S/C42H57NO13S2/c1-23(16-30-21-51-28(6)43-30)10-9-11-25(3)37(49-8)27(5)32-20-35(55-41(48)50-14-15-57-58-22-26(4)39(45)46)42(7)34(56-42)13-12-24(2)31-17-29(19-36(44)52-31)18-33-38(53-33)40(47)54-32/h9-13,16,21,24,26-27,29,31-35,37-38H,14-15,17-20,22H2,1-8H3,(H,45,46)/t24-,26+,27+,29+,31-,32+,33+,34-,35+,37+,38-,42+/m1/s1. The zero-order valence-corrected chi connectivity index (χ0v) is 36.1. The molecule has 0 spiro atoms. The summed E-state index contributed by atoms with van der Waals surface area (Å²) in [6.07, 6.45) is 9.54. The van der Waals surface area contributed by atoms with Gasteiger partial charge in [-0.05, 0) is 56.8 Å². The number of hydrogen-bond donors (Lipinski definition) is 1. The van der Waals surface area contributed by atoms with Gasteiger partial charge in [0, 0.05) is 50.2 Å². The van der Waals surface area contributed by atoms with Gasteiger partial charge in [0.15, 0.2) is 12.0 Å². The highest BCUT2D eigenvalue weighted by atomic mass is 33.1. The van der Waals surface area contributed by atoms with E-state index in [1.165, 1.54) is 21.6 Å². The lowest BCUT2D eigenvalue weighted by Gasteiger charge is -2.33. The van der Waals surface area contributed by atoms with Gasteiger partial charge in [0.25, 0.3) is 0 Å². The number of aryl methyl sites for hydroxylation is 1. The minimum Gasteiger partial charge on any atom is -0.481 e. The Kier molecular flexibility index (Phi) is 16.2. The number of carboxylic acids is 1. The van der Waals surface area contributed by atoms with Crippen molar-refractivity contribution in [1.29, 1.82) is 0 Å². The number of epoxide rings is 2. The van der Waals surface area contributed by atoms with E-state index in [1.54, 1.807) is 27.2 Å². The first-order valence-electron chi connectivity index (χ1n) is 19.8. The van der Waals surface area contributed by atoms with Crippen LogP contribution in [0.5, 0.6) is 0 Å². The maximum Gasteiger partial charge on any atom is 0.508 e. The van der Waals surface area contributed by atoms with Gasteiger partial charge in [0.05, 0.1) is 18.1 Å². The highest BCUT2D eigenvalue weighted by Gasteiger charge is 2.60. The number of cyclic esters (lactones) is 1. The summed E-state index contributed by atoms with van der Waals surface area (Å²) >= 11 is 0. The Morgan fingerprint density at radius 2 is 1.86 bits per heavy atom. The van der Waals surface area contributed by atoms with Gasteiger partial charge in [-0.3, -0.25) is 9.59 Å². The molecule has 0 radical (unpaired) electrons. The van der Waals surface area contributed by atoms with Crippen molar-refractivity contribution in [2.75, 3.05) is 25.2 Å². The summed E-state index contributed by atoms with van der Waals surface area (Å²) in [4.78, 5) is 55.1. The monoisotopic (exact) mass is 847 g/mol. The Bertz CT molecular complexity index is 1740. The molecule has 0 aliphatic carbocycles. The van der Waals surface area contributed by atoms with E-state index < -0.39 is 66.1 Å². The first-order valence-corrected chi connectivity index (χ1v) is 22.3. The van der Waals surface area contributed by atoms with Gasteiger partial charge in [-0.25, -0.2) is 14.6 Å². The molecule has 0 amide bonds. The van der Waals surface area contributed by atoms with Crippen molar-refractivity contribution in [1.82, 2.24) is 4.98 Å². The number of carbonyl (C=O) groups excluding carboxylic acids is 3. The minimum absolute atomic E-state index is 0.00122. The Labute approximate surface area is 348 Å². The number of carbonyl (C=O) groups is 4. The first-order chi connectivity index (χ1) is 27.6. The minimum atomic E-state index is -0.999. The largest absolute Gasteiger partial charge is 0.508 e. The molecule has 1 aromatic rings. The Balaban J connectivity index is 1.36. The fourth-order valence-corrected chi connectivity index (χ4v) is 9.54. The number of methoxy groups -OCH3 is 1. The van der Waals surface area contributed by atoms with Crippen molar-refractivity contribution in [3.05, 3.63) is 59.4 Å². The molecule has 4 aliphatic rings. The van der Waals surface area contributed by atoms with E-state index in [0.29, 0.717) is 30.2 Å². The summed E-state index contributed by atoms with van der Waals surface area (Å²) in [7, 11) is 4.39. The third-order valence-electron chi connectivity index (χ3n) is 11.0. The van der Waals surface area contributed by atoms with Crippen molar-refractivity contribution >= 4 is 51.7 Å². The lowest BCUT2D eigenvalue weighted by molar-refractivity contribution is -0.159. The van der Waals surface area contributed by atoms with E-state index in [0.717, 1.165) is 16.8 Å². The number of ether oxygens (including phenoxy) is 7. The number of aliphatic carboxylic acids is 1. The predicted octanol–water partition coefficient (Wildman–Crippen LogP) is 7.31. The first kappa shape index (κ1) is 45.5. The van der Waals surface area contributed by atoms with Gasteiger partial charge >= 0.3 is 24.1 Å². The average molecular weight is 848 g/mol. The molecule has 2 bridgehead atoms. The number of rotatable bonds is 15. The molecule has 12 atom stereocenters. The molecule has 3 fully saturated rings. The zero-order valence-electron chi connectivity index (χ0n) is 34.5. The molecule has 320 valence electrons. The lowest BCUT2D eigenvalue weighted by Crippen LogP contribution is -2.43. The molecule has 3 saturated heterocycles. The number of allylic oxidation sites excluding steroid dienone is 4. The molecular formula is C42H57NO13S2. The van der Waals surface area contributed by atoms with Gasteiger partial charge in [-0.1, -0.05) is 72.7 Å². The summed E-state index contributed by atoms with van der Waals surface area (Å²) in [5, 5.41) is 9.12. The van der Waals surface area contributed by atoms with Crippen LogP contribution in [0.15, 0.2) is 52.2 Å². The number of nitrogens with zero attached hydrogens (tertiary/aromatic N) is 1. The van der Waals surface area contributed by atoms with E-state index in [-0.39, 0.29) is 49.5 Å². The van der Waals surface area contributed by atoms with Gasteiger partial charge in [0.2, 0.25) is 0 Å². The summed E-state index contributed by atoms with van der Waals surface area (Å²) in [6.45, 7) is 13.1. The highest BCUT2D eigenvalue weighted by molar-refractivity contribution is 8.76. The summed E-state index contributed by atoms with van der Waals surface area (Å²) in [5.41, 5.74) is 1.55. The summed E-state index contributed by atoms with van der Waals surface area (Å²) in [5.74, 6) is -1.30. The smallest absolute Gasteiger partial charge is 0.481 e. The lowest BCUT2D eigenvalue weighted by atomic mass is 9.84.